The molecule has 120 valence electrons. The van der Waals surface area contributed by atoms with Crippen LogP contribution in [0.1, 0.15) is 25.4 Å². The predicted molar refractivity (Wildman–Crippen MR) is 72.4 cm³/mol. The molecule has 0 unspecified atom stereocenters. The Morgan fingerprint density at radius 1 is 1.23 bits per heavy atom. The van der Waals surface area contributed by atoms with Gasteiger partial charge in [0.1, 0.15) is 6.61 Å². The predicted octanol–water partition coefficient (Wildman–Crippen LogP) is 1.59. The summed E-state index contributed by atoms with van der Waals surface area (Å²) in [5.41, 5.74) is 4.71. The first kappa shape index (κ1) is 16.4. The lowest BCUT2D eigenvalue weighted by Crippen LogP contribution is -2.37. The van der Waals surface area contributed by atoms with Gasteiger partial charge in [0.2, 0.25) is 0 Å². The number of halogens is 3. The van der Waals surface area contributed by atoms with Crippen molar-refractivity contribution in [2.75, 3.05) is 0 Å². The van der Waals surface area contributed by atoms with E-state index in [1.54, 1.807) is 13.8 Å². The molecular weight excluding hydrogens is 299 g/mol. The number of aliphatic hydroxyl groups excluding tert-OH is 1. The van der Waals surface area contributed by atoms with Crippen molar-refractivity contribution in [3.05, 3.63) is 30.0 Å². The van der Waals surface area contributed by atoms with Crippen molar-refractivity contribution >= 4 is 0 Å². The van der Waals surface area contributed by atoms with Crippen LogP contribution in [0.4, 0.5) is 13.2 Å². The van der Waals surface area contributed by atoms with Gasteiger partial charge in [0.25, 0.3) is 0 Å². The molecule has 9 heteroatoms. The first-order valence-corrected chi connectivity index (χ1v) is 6.46. The van der Waals surface area contributed by atoms with Gasteiger partial charge in [0, 0.05) is 23.5 Å². The van der Waals surface area contributed by atoms with Gasteiger partial charge in [-0.15, -0.1) is 0 Å². The third kappa shape index (κ3) is 3.80. The van der Waals surface area contributed by atoms with E-state index in [1.165, 1.54) is 17.1 Å². The molecule has 2 aromatic heterocycles. The number of nitrogens with zero attached hydrogens (tertiary/aromatic N) is 4. The van der Waals surface area contributed by atoms with Gasteiger partial charge in [0.15, 0.2) is 11.5 Å². The van der Waals surface area contributed by atoms with Crippen molar-refractivity contribution in [2.45, 2.75) is 38.7 Å². The Hall–Kier alpha value is -2.00. The molecule has 0 saturated carbocycles. The SMILES string of the molecule is CC(C)(N)Cn1nc(C(F)(F)F)cc1-c1cnc(CO)nc1. The Labute approximate surface area is 124 Å². The summed E-state index contributed by atoms with van der Waals surface area (Å²) in [6.45, 7) is 3.14. The molecule has 0 fully saturated rings. The number of aliphatic hydroxyl groups is 1. The molecule has 2 rings (SSSR count). The normalized spacial score (nSPS) is 12.7. The summed E-state index contributed by atoms with van der Waals surface area (Å²) in [6, 6.07) is 0.934. The number of nitrogens with two attached hydrogens (primary N) is 1. The van der Waals surface area contributed by atoms with Gasteiger partial charge < -0.3 is 10.8 Å². The van der Waals surface area contributed by atoms with Gasteiger partial charge in [-0.2, -0.15) is 18.3 Å². The van der Waals surface area contributed by atoms with E-state index in [1.807, 2.05) is 0 Å². The van der Waals surface area contributed by atoms with Crippen molar-refractivity contribution in [2.24, 2.45) is 5.73 Å². The smallest absolute Gasteiger partial charge is 0.388 e. The number of aromatic nitrogens is 4. The second kappa shape index (κ2) is 5.65. The Bertz CT molecular complexity index is 643. The number of alkyl halides is 3. The van der Waals surface area contributed by atoms with Crippen molar-refractivity contribution in [3.8, 4) is 11.3 Å². The van der Waals surface area contributed by atoms with Gasteiger partial charge in [-0.25, -0.2) is 9.97 Å². The van der Waals surface area contributed by atoms with E-state index in [0.29, 0.717) is 5.56 Å². The van der Waals surface area contributed by atoms with Crippen molar-refractivity contribution in [3.63, 3.8) is 0 Å². The topological polar surface area (TPSA) is 89.9 Å². The average Bonchev–Trinajstić information content (AvgIpc) is 2.80. The lowest BCUT2D eigenvalue weighted by molar-refractivity contribution is -0.141. The zero-order valence-corrected chi connectivity index (χ0v) is 12.1. The Kier molecular flexibility index (Phi) is 4.21. The molecule has 6 nitrogen and oxygen atoms in total. The standard InChI is InChI=1S/C13H16F3N5O/c1-12(2,17)7-21-9(3-10(20-21)13(14,15)16)8-4-18-11(6-22)19-5-8/h3-5,22H,6-7,17H2,1-2H3. The average molecular weight is 315 g/mol. The Balaban J connectivity index is 2.49. The molecule has 0 amide bonds. The van der Waals surface area contributed by atoms with Crippen LogP contribution in [0.15, 0.2) is 18.5 Å². The van der Waals surface area contributed by atoms with E-state index in [9.17, 15) is 13.2 Å². The Morgan fingerprint density at radius 3 is 2.27 bits per heavy atom. The monoisotopic (exact) mass is 315 g/mol. The summed E-state index contributed by atoms with van der Waals surface area (Å²) in [5, 5.41) is 12.5. The van der Waals surface area contributed by atoms with E-state index in [2.05, 4.69) is 15.1 Å². The number of rotatable bonds is 4. The molecule has 0 bridgehead atoms. The molecule has 0 aliphatic heterocycles. The van der Waals surface area contributed by atoms with E-state index >= 15 is 0 Å². The van der Waals surface area contributed by atoms with Crippen LogP contribution in [-0.2, 0) is 19.3 Å². The zero-order valence-electron chi connectivity index (χ0n) is 12.1. The highest BCUT2D eigenvalue weighted by Gasteiger charge is 2.35. The molecule has 22 heavy (non-hydrogen) atoms. The van der Waals surface area contributed by atoms with Crippen LogP contribution in [-0.4, -0.2) is 30.4 Å². The van der Waals surface area contributed by atoms with Crippen LogP contribution >= 0.6 is 0 Å². The first-order chi connectivity index (χ1) is 10.1. The fraction of sp³-hybridized carbons (Fsp3) is 0.462. The van der Waals surface area contributed by atoms with Gasteiger partial charge >= 0.3 is 6.18 Å². The van der Waals surface area contributed by atoms with E-state index in [-0.39, 0.29) is 24.7 Å². The molecule has 0 atom stereocenters. The van der Waals surface area contributed by atoms with Crippen molar-refractivity contribution < 1.29 is 18.3 Å². The lowest BCUT2D eigenvalue weighted by Gasteiger charge is -2.20. The maximum Gasteiger partial charge on any atom is 0.435 e. The van der Waals surface area contributed by atoms with Gasteiger partial charge in [0.05, 0.1) is 12.2 Å². The third-order valence-electron chi connectivity index (χ3n) is 2.77. The molecule has 0 spiro atoms. The lowest BCUT2D eigenvalue weighted by atomic mass is 10.1. The fourth-order valence-electron chi connectivity index (χ4n) is 1.86. The molecule has 0 aromatic carbocycles. The molecule has 0 saturated heterocycles. The van der Waals surface area contributed by atoms with E-state index in [4.69, 9.17) is 10.8 Å². The minimum Gasteiger partial charge on any atom is -0.388 e. The summed E-state index contributed by atoms with van der Waals surface area (Å²) in [6.07, 6.45) is -1.86. The van der Waals surface area contributed by atoms with Crippen LogP contribution in [0.5, 0.6) is 0 Å². The maximum atomic E-state index is 12.9. The van der Waals surface area contributed by atoms with Crippen LogP contribution < -0.4 is 5.73 Å². The van der Waals surface area contributed by atoms with E-state index in [0.717, 1.165) is 6.07 Å². The number of hydrogen-bond acceptors (Lipinski definition) is 5. The highest BCUT2D eigenvalue weighted by Crippen LogP contribution is 2.31. The van der Waals surface area contributed by atoms with Gasteiger partial charge in [-0.1, -0.05) is 0 Å². The quantitative estimate of drug-likeness (QED) is 0.894. The van der Waals surface area contributed by atoms with E-state index < -0.39 is 17.4 Å². The van der Waals surface area contributed by atoms with Crippen LogP contribution in [0.2, 0.25) is 0 Å². The first-order valence-electron chi connectivity index (χ1n) is 6.46. The molecule has 2 aromatic rings. The minimum absolute atomic E-state index is 0.0974. The molecule has 0 aliphatic rings. The highest BCUT2D eigenvalue weighted by molar-refractivity contribution is 5.58. The second-order valence-electron chi connectivity index (χ2n) is 5.60. The molecular formula is C13H16F3N5O. The maximum absolute atomic E-state index is 12.9. The van der Waals surface area contributed by atoms with Crippen LogP contribution in [0, 0.1) is 0 Å². The third-order valence-corrected chi connectivity index (χ3v) is 2.77. The summed E-state index contributed by atoms with van der Waals surface area (Å²) < 4.78 is 39.8. The highest BCUT2D eigenvalue weighted by atomic mass is 19.4. The van der Waals surface area contributed by atoms with Gasteiger partial charge in [-0.3, -0.25) is 4.68 Å². The molecule has 0 aliphatic carbocycles. The van der Waals surface area contributed by atoms with Crippen LogP contribution in [0.3, 0.4) is 0 Å². The Morgan fingerprint density at radius 2 is 1.82 bits per heavy atom. The molecule has 3 N–H and O–H groups in total. The summed E-state index contributed by atoms with van der Waals surface area (Å²) in [7, 11) is 0. The molecule has 0 radical (unpaired) electrons. The summed E-state index contributed by atoms with van der Waals surface area (Å²) in [4.78, 5) is 7.74. The number of hydrogen-bond donors (Lipinski definition) is 2. The zero-order chi connectivity index (χ0) is 16.5. The largest absolute Gasteiger partial charge is 0.435 e. The second-order valence-corrected chi connectivity index (χ2v) is 5.60. The molecule has 2 heterocycles. The fourth-order valence-corrected chi connectivity index (χ4v) is 1.86. The summed E-state index contributed by atoms with van der Waals surface area (Å²) >= 11 is 0. The van der Waals surface area contributed by atoms with Crippen molar-refractivity contribution in [1.82, 2.24) is 19.7 Å². The van der Waals surface area contributed by atoms with Crippen molar-refractivity contribution in [1.29, 1.82) is 0 Å². The van der Waals surface area contributed by atoms with Crippen LogP contribution in [0.25, 0.3) is 11.3 Å². The summed E-state index contributed by atoms with van der Waals surface area (Å²) in [5.74, 6) is 0.185. The minimum atomic E-state index is -4.55. The van der Waals surface area contributed by atoms with Gasteiger partial charge in [-0.05, 0) is 19.9 Å².